The van der Waals surface area contributed by atoms with Crippen molar-refractivity contribution in [1.29, 1.82) is 0 Å². The van der Waals surface area contributed by atoms with Gasteiger partial charge >= 0.3 is 0 Å². The van der Waals surface area contributed by atoms with Crippen molar-refractivity contribution in [3.63, 3.8) is 0 Å². The van der Waals surface area contributed by atoms with Crippen LogP contribution in [0.2, 0.25) is 0 Å². The van der Waals surface area contributed by atoms with Gasteiger partial charge in [-0.2, -0.15) is 0 Å². The van der Waals surface area contributed by atoms with E-state index in [1.54, 1.807) is 36.6 Å². The van der Waals surface area contributed by atoms with E-state index < -0.39 is 10.0 Å². The minimum atomic E-state index is -3.59. The summed E-state index contributed by atoms with van der Waals surface area (Å²) in [7, 11) is -1.81. The van der Waals surface area contributed by atoms with Crippen molar-refractivity contribution in [2.75, 3.05) is 26.8 Å². The van der Waals surface area contributed by atoms with Crippen LogP contribution in [-0.4, -0.2) is 49.6 Å². The molecular weight excluding hydrogens is 300 g/mol. The highest BCUT2D eigenvalue weighted by Gasteiger charge is 2.30. The second kappa shape index (κ2) is 5.92. The number of pyridine rings is 1. The van der Waals surface area contributed by atoms with Gasteiger partial charge in [-0.05, 0) is 31.5 Å². The van der Waals surface area contributed by atoms with Crippen molar-refractivity contribution in [2.24, 2.45) is 0 Å². The molecule has 0 bridgehead atoms. The fourth-order valence-electron chi connectivity index (χ4n) is 2.83. The molecule has 0 atom stereocenters. The summed E-state index contributed by atoms with van der Waals surface area (Å²) in [5, 5.41) is 6.53. The molecule has 1 aromatic heterocycles. The summed E-state index contributed by atoms with van der Waals surface area (Å²) in [5.41, 5.74) is 0.868. The summed E-state index contributed by atoms with van der Waals surface area (Å²) in [5.74, 6) is 0. The quantitative estimate of drug-likeness (QED) is 0.904. The Morgan fingerprint density at radius 3 is 2.91 bits per heavy atom. The Balaban J connectivity index is 2.17. The number of aromatic nitrogens is 1. The zero-order valence-electron chi connectivity index (χ0n) is 12.8. The third-order valence-electron chi connectivity index (χ3n) is 3.91. The molecule has 0 amide bonds. The number of nitrogens with zero attached hydrogens (tertiary/aromatic N) is 3. The molecule has 0 spiro atoms. The van der Waals surface area contributed by atoms with Gasteiger partial charge in [-0.15, -0.1) is 4.41 Å². The van der Waals surface area contributed by atoms with E-state index in [1.165, 1.54) is 4.41 Å². The number of sulfonamides is 1. The fraction of sp³-hybridized carbons (Fsp3) is 0.400. The lowest BCUT2D eigenvalue weighted by Crippen LogP contribution is -2.45. The summed E-state index contributed by atoms with van der Waals surface area (Å²) in [6.45, 7) is 3.70. The van der Waals surface area contributed by atoms with Gasteiger partial charge in [0.2, 0.25) is 0 Å². The van der Waals surface area contributed by atoms with Crippen molar-refractivity contribution in [2.45, 2.75) is 18.2 Å². The molecule has 1 aromatic carbocycles. The molecule has 0 saturated carbocycles. The number of hydrogen-bond acceptors (Lipinski definition) is 5. The van der Waals surface area contributed by atoms with Gasteiger partial charge in [0.05, 0.1) is 11.6 Å². The third-order valence-corrected chi connectivity index (χ3v) is 5.83. The predicted molar refractivity (Wildman–Crippen MR) is 85.6 cm³/mol. The minimum absolute atomic E-state index is 0.346. The SMILES string of the molecule is Cc1cncc2cccc(S(=O)(=O)N3CCCNCN3C)c12. The van der Waals surface area contributed by atoms with Gasteiger partial charge in [-0.25, -0.2) is 13.4 Å². The molecule has 0 aliphatic carbocycles. The van der Waals surface area contributed by atoms with Crippen molar-refractivity contribution in [3.8, 4) is 0 Å². The topological polar surface area (TPSA) is 65.5 Å². The lowest BCUT2D eigenvalue weighted by Gasteiger charge is -2.29. The van der Waals surface area contributed by atoms with Crippen LogP contribution < -0.4 is 5.32 Å². The molecular formula is C15H20N4O2S. The smallest absolute Gasteiger partial charge is 0.256 e. The minimum Gasteiger partial charge on any atom is -0.303 e. The molecule has 0 radical (unpaired) electrons. The summed E-state index contributed by atoms with van der Waals surface area (Å²) < 4.78 is 27.8. The first-order valence-corrected chi connectivity index (χ1v) is 8.73. The number of aryl methyl sites for hydroxylation is 1. The normalized spacial score (nSPS) is 18.5. The lowest BCUT2D eigenvalue weighted by molar-refractivity contribution is 0.0987. The molecule has 1 aliphatic rings. The largest absolute Gasteiger partial charge is 0.303 e. The number of hydrogen-bond donors (Lipinski definition) is 1. The maximum absolute atomic E-state index is 13.2. The Morgan fingerprint density at radius 2 is 2.09 bits per heavy atom. The van der Waals surface area contributed by atoms with E-state index in [9.17, 15) is 8.42 Å². The molecule has 2 heterocycles. The van der Waals surface area contributed by atoms with Gasteiger partial charge in [0.25, 0.3) is 10.0 Å². The zero-order chi connectivity index (χ0) is 15.7. The average molecular weight is 320 g/mol. The van der Waals surface area contributed by atoms with Crippen LogP contribution in [0.4, 0.5) is 0 Å². The molecule has 22 heavy (non-hydrogen) atoms. The summed E-state index contributed by atoms with van der Waals surface area (Å²) in [4.78, 5) is 4.50. The molecule has 1 aliphatic heterocycles. The van der Waals surface area contributed by atoms with Crippen molar-refractivity contribution < 1.29 is 8.42 Å². The number of fused-ring (bicyclic) bond motifs is 1. The van der Waals surface area contributed by atoms with E-state index in [-0.39, 0.29) is 0 Å². The molecule has 2 aromatic rings. The highest BCUT2D eigenvalue weighted by atomic mass is 32.2. The molecule has 7 heteroatoms. The van der Waals surface area contributed by atoms with E-state index >= 15 is 0 Å². The molecule has 1 fully saturated rings. The molecule has 3 rings (SSSR count). The number of rotatable bonds is 2. The number of hydrazine groups is 1. The van der Waals surface area contributed by atoms with Gasteiger partial charge < -0.3 is 5.32 Å². The standard InChI is InChI=1S/C15H20N4O2S/c1-12-9-17-10-13-5-3-6-14(15(12)13)22(20,21)19-8-4-7-16-11-18(19)2/h3,5-6,9-10,16H,4,7-8,11H2,1-2H3. The Hall–Kier alpha value is -1.54. The number of nitrogens with one attached hydrogen (secondary N) is 1. The Morgan fingerprint density at radius 1 is 1.27 bits per heavy atom. The fourth-order valence-corrected chi connectivity index (χ4v) is 4.64. The van der Waals surface area contributed by atoms with Crippen molar-refractivity contribution in [1.82, 2.24) is 19.7 Å². The maximum atomic E-state index is 13.2. The maximum Gasteiger partial charge on any atom is 0.256 e. The summed E-state index contributed by atoms with van der Waals surface area (Å²) in [6, 6.07) is 5.34. The highest BCUT2D eigenvalue weighted by Crippen LogP contribution is 2.28. The van der Waals surface area contributed by atoms with Crippen LogP contribution in [-0.2, 0) is 10.0 Å². The van der Waals surface area contributed by atoms with Crippen LogP contribution in [0.1, 0.15) is 12.0 Å². The molecule has 6 nitrogen and oxygen atoms in total. The predicted octanol–water partition coefficient (Wildman–Crippen LogP) is 1.33. The van der Waals surface area contributed by atoms with Crippen LogP contribution in [0.25, 0.3) is 10.8 Å². The van der Waals surface area contributed by atoms with Gasteiger partial charge in [0.15, 0.2) is 0 Å². The molecule has 118 valence electrons. The lowest BCUT2D eigenvalue weighted by atomic mass is 10.1. The van der Waals surface area contributed by atoms with E-state index in [2.05, 4.69) is 10.3 Å². The first kappa shape index (κ1) is 15.4. The Labute approximate surface area is 130 Å². The molecule has 1 saturated heterocycles. The van der Waals surface area contributed by atoms with E-state index in [1.807, 2.05) is 13.0 Å². The van der Waals surface area contributed by atoms with Crippen molar-refractivity contribution >= 4 is 20.8 Å². The third kappa shape index (κ3) is 2.61. The number of benzene rings is 1. The highest BCUT2D eigenvalue weighted by molar-refractivity contribution is 7.89. The summed E-state index contributed by atoms with van der Waals surface area (Å²) >= 11 is 0. The van der Waals surface area contributed by atoms with Gasteiger partial charge in [0, 0.05) is 36.8 Å². The second-order valence-corrected chi connectivity index (χ2v) is 7.34. The second-order valence-electron chi connectivity index (χ2n) is 5.53. The first-order chi connectivity index (χ1) is 10.5. The monoisotopic (exact) mass is 320 g/mol. The molecule has 1 N–H and O–H groups in total. The van der Waals surface area contributed by atoms with Crippen LogP contribution in [0.3, 0.4) is 0 Å². The van der Waals surface area contributed by atoms with Crippen LogP contribution in [0, 0.1) is 6.92 Å². The molecule has 0 unspecified atom stereocenters. The van der Waals surface area contributed by atoms with E-state index in [0.717, 1.165) is 29.3 Å². The summed E-state index contributed by atoms with van der Waals surface area (Å²) in [6.07, 6.45) is 4.19. The van der Waals surface area contributed by atoms with Gasteiger partial charge in [0.1, 0.15) is 0 Å². The van der Waals surface area contributed by atoms with Crippen LogP contribution in [0.15, 0.2) is 35.5 Å². The average Bonchev–Trinajstić information content (AvgIpc) is 2.72. The Kier molecular flexibility index (Phi) is 4.14. The van der Waals surface area contributed by atoms with E-state index in [0.29, 0.717) is 18.1 Å². The van der Waals surface area contributed by atoms with Gasteiger partial charge in [-0.1, -0.05) is 12.1 Å². The Bertz CT molecular complexity index is 786. The first-order valence-electron chi connectivity index (χ1n) is 7.29. The van der Waals surface area contributed by atoms with Crippen LogP contribution in [0.5, 0.6) is 0 Å². The van der Waals surface area contributed by atoms with Gasteiger partial charge in [-0.3, -0.25) is 4.98 Å². The van der Waals surface area contributed by atoms with Crippen molar-refractivity contribution in [3.05, 3.63) is 36.2 Å². The van der Waals surface area contributed by atoms with Crippen LogP contribution >= 0.6 is 0 Å². The zero-order valence-corrected chi connectivity index (χ0v) is 13.6. The van der Waals surface area contributed by atoms with E-state index in [4.69, 9.17) is 0 Å².